The molecular weight excluding hydrogens is 476 g/mol. The third-order valence-electron chi connectivity index (χ3n) is 4.80. The Bertz CT molecular complexity index is 1160. The number of furan rings is 1. The number of aromatic nitrogens is 2. The molecule has 1 N–H and O–H groups in total. The van der Waals surface area contributed by atoms with E-state index in [1.54, 1.807) is 12.1 Å². The molecule has 1 aromatic carbocycles. The highest BCUT2D eigenvalue weighted by molar-refractivity contribution is 9.10. The Morgan fingerprint density at radius 1 is 1.17 bits per heavy atom. The van der Waals surface area contributed by atoms with E-state index >= 15 is 0 Å². The van der Waals surface area contributed by atoms with Crippen molar-refractivity contribution in [3.05, 3.63) is 46.6 Å². The van der Waals surface area contributed by atoms with Gasteiger partial charge in [0.15, 0.2) is 10.4 Å². The SMILES string of the molecule is CC1CCCN(S(=O)(=O)c2ccc(C(=O)Nc3nnc(-c4ccc(Br)o4)o3)cc2)C1. The van der Waals surface area contributed by atoms with E-state index in [2.05, 4.69) is 31.4 Å². The normalized spacial score (nSPS) is 17.7. The minimum Gasteiger partial charge on any atom is -0.444 e. The number of anilines is 1. The minimum absolute atomic E-state index is 0.0958. The summed E-state index contributed by atoms with van der Waals surface area (Å²) in [5, 5.41) is 10.1. The molecule has 2 aromatic heterocycles. The number of hydrogen-bond donors (Lipinski definition) is 1. The fraction of sp³-hybridized carbons (Fsp3) is 0.316. The van der Waals surface area contributed by atoms with Crippen LogP contribution in [0.15, 0.2) is 54.8 Å². The van der Waals surface area contributed by atoms with Gasteiger partial charge in [-0.25, -0.2) is 8.42 Å². The second-order valence-electron chi connectivity index (χ2n) is 7.11. The Morgan fingerprint density at radius 2 is 1.93 bits per heavy atom. The Hall–Kier alpha value is -2.50. The second kappa shape index (κ2) is 8.32. The maximum Gasteiger partial charge on any atom is 0.322 e. The van der Waals surface area contributed by atoms with Crippen LogP contribution >= 0.6 is 15.9 Å². The Kier molecular flexibility index (Phi) is 5.76. The van der Waals surface area contributed by atoms with Crippen LogP contribution in [0.1, 0.15) is 30.1 Å². The van der Waals surface area contributed by atoms with Gasteiger partial charge in [0.1, 0.15) is 0 Å². The average molecular weight is 495 g/mol. The number of nitrogens with one attached hydrogen (secondary N) is 1. The smallest absolute Gasteiger partial charge is 0.322 e. The van der Waals surface area contributed by atoms with Gasteiger partial charge in [-0.05, 0) is 71.1 Å². The molecular formula is C19H19BrN4O5S. The lowest BCUT2D eigenvalue weighted by molar-refractivity contribution is 0.102. The van der Waals surface area contributed by atoms with Crippen molar-refractivity contribution in [3.63, 3.8) is 0 Å². The highest BCUT2D eigenvalue weighted by atomic mass is 79.9. The van der Waals surface area contributed by atoms with Crippen molar-refractivity contribution < 1.29 is 22.0 Å². The summed E-state index contributed by atoms with van der Waals surface area (Å²) in [7, 11) is -3.58. The van der Waals surface area contributed by atoms with Crippen LogP contribution in [0.3, 0.4) is 0 Å². The van der Waals surface area contributed by atoms with Gasteiger partial charge in [-0.2, -0.15) is 4.31 Å². The zero-order valence-electron chi connectivity index (χ0n) is 16.0. The highest BCUT2D eigenvalue weighted by Crippen LogP contribution is 2.26. The van der Waals surface area contributed by atoms with Crippen molar-refractivity contribution in [1.29, 1.82) is 0 Å². The lowest BCUT2D eigenvalue weighted by Crippen LogP contribution is -2.39. The van der Waals surface area contributed by atoms with Crippen molar-refractivity contribution in [2.45, 2.75) is 24.7 Å². The molecule has 11 heteroatoms. The van der Waals surface area contributed by atoms with Crippen LogP contribution in [-0.4, -0.2) is 41.9 Å². The minimum atomic E-state index is -3.58. The number of amides is 1. The maximum atomic E-state index is 12.8. The van der Waals surface area contributed by atoms with Crippen molar-refractivity contribution in [2.24, 2.45) is 5.92 Å². The van der Waals surface area contributed by atoms with Crippen LogP contribution in [0.25, 0.3) is 11.7 Å². The van der Waals surface area contributed by atoms with E-state index in [1.165, 1.54) is 28.6 Å². The van der Waals surface area contributed by atoms with Crippen molar-refractivity contribution >= 4 is 37.9 Å². The first-order valence-corrected chi connectivity index (χ1v) is 11.6. The van der Waals surface area contributed by atoms with E-state index in [9.17, 15) is 13.2 Å². The van der Waals surface area contributed by atoms with Crippen LogP contribution < -0.4 is 5.32 Å². The van der Waals surface area contributed by atoms with Gasteiger partial charge in [-0.15, -0.1) is 5.10 Å². The van der Waals surface area contributed by atoms with Gasteiger partial charge in [0.25, 0.3) is 11.8 Å². The van der Waals surface area contributed by atoms with Gasteiger partial charge in [0.05, 0.1) is 4.90 Å². The third kappa shape index (κ3) is 4.32. The topological polar surface area (TPSA) is 119 Å². The fourth-order valence-corrected chi connectivity index (χ4v) is 5.17. The van der Waals surface area contributed by atoms with E-state index in [4.69, 9.17) is 8.83 Å². The molecule has 0 radical (unpaired) electrons. The summed E-state index contributed by atoms with van der Waals surface area (Å²) in [6.07, 6.45) is 1.88. The number of piperidine rings is 1. The molecule has 1 atom stereocenters. The quantitative estimate of drug-likeness (QED) is 0.573. The summed E-state index contributed by atoms with van der Waals surface area (Å²) in [6.45, 7) is 3.07. The molecule has 0 aliphatic carbocycles. The molecule has 0 bridgehead atoms. The van der Waals surface area contributed by atoms with Gasteiger partial charge in [-0.1, -0.05) is 12.0 Å². The number of nitrogens with zero attached hydrogens (tertiary/aromatic N) is 3. The number of benzene rings is 1. The molecule has 0 saturated carbocycles. The Labute approximate surface area is 181 Å². The van der Waals surface area contributed by atoms with Gasteiger partial charge >= 0.3 is 6.01 Å². The van der Waals surface area contributed by atoms with E-state index in [-0.39, 0.29) is 22.4 Å². The van der Waals surface area contributed by atoms with Gasteiger partial charge in [-0.3, -0.25) is 10.1 Å². The summed E-state index contributed by atoms with van der Waals surface area (Å²) in [5.41, 5.74) is 0.265. The molecule has 1 unspecified atom stereocenters. The predicted octanol–water partition coefficient (Wildman–Crippen LogP) is 3.77. The fourth-order valence-electron chi connectivity index (χ4n) is 3.26. The number of halogens is 1. The lowest BCUT2D eigenvalue weighted by Gasteiger charge is -2.30. The van der Waals surface area contributed by atoms with E-state index in [0.29, 0.717) is 29.4 Å². The zero-order chi connectivity index (χ0) is 21.3. The standard InChI is InChI=1S/C19H19BrN4O5S/c1-12-3-2-10-24(11-12)30(26,27)14-6-4-13(5-7-14)17(25)21-19-23-22-18(29-19)15-8-9-16(20)28-15/h4-9,12H,2-3,10-11H2,1H3,(H,21,23,25). The van der Waals surface area contributed by atoms with Crippen LogP contribution in [-0.2, 0) is 10.0 Å². The number of rotatable bonds is 5. The van der Waals surface area contributed by atoms with Crippen molar-refractivity contribution in [2.75, 3.05) is 18.4 Å². The summed E-state index contributed by atoms with van der Waals surface area (Å²) in [4.78, 5) is 12.6. The molecule has 3 heterocycles. The van der Waals surface area contributed by atoms with Crippen LogP contribution in [0.4, 0.5) is 6.01 Å². The number of sulfonamides is 1. The summed E-state index contributed by atoms with van der Waals surface area (Å²) >= 11 is 3.18. The van der Waals surface area contributed by atoms with E-state index in [0.717, 1.165) is 12.8 Å². The zero-order valence-corrected chi connectivity index (χ0v) is 18.4. The summed E-state index contributed by atoms with van der Waals surface area (Å²) < 4.78 is 38.4. The summed E-state index contributed by atoms with van der Waals surface area (Å²) in [6, 6.07) is 9.00. The molecule has 3 aromatic rings. The third-order valence-corrected chi connectivity index (χ3v) is 7.11. The molecule has 1 aliphatic heterocycles. The molecule has 4 rings (SSSR count). The Balaban J connectivity index is 1.45. The van der Waals surface area contributed by atoms with Gasteiger partial charge < -0.3 is 8.83 Å². The first kappa shape index (κ1) is 20.8. The second-order valence-corrected chi connectivity index (χ2v) is 9.82. The van der Waals surface area contributed by atoms with Crippen LogP contribution in [0.2, 0.25) is 0 Å². The molecule has 158 valence electrons. The molecule has 1 fully saturated rings. The number of carbonyl (C=O) groups is 1. The first-order chi connectivity index (χ1) is 14.3. The predicted molar refractivity (Wildman–Crippen MR) is 111 cm³/mol. The van der Waals surface area contributed by atoms with Gasteiger partial charge in [0.2, 0.25) is 10.0 Å². The maximum absolute atomic E-state index is 12.8. The first-order valence-electron chi connectivity index (χ1n) is 9.34. The largest absolute Gasteiger partial charge is 0.444 e. The summed E-state index contributed by atoms with van der Waals surface area (Å²) in [5.74, 6) is 0.311. The highest BCUT2D eigenvalue weighted by Gasteiger charge is 2.28. The molecule has 9 nitrogen and oxygen atoms in total. The van der Waals surface area contributed by atoms with E-state index in [1.807, 2.05) is 6.92 Å². The lowest BCUT2D eigenvalue weighted by atomic mass is 10.0. The van der Waals surface area contributed by atoms with Crippen LogP contribution in [0.5, 0.6) is 0 Å². The molecule has 1 amide bonds. The molecule has 0 spiro atoms. The van der Waals surface area contributed by atoms with Crippen molar-refractivity contribution in [3.8, 4) is 11.7 Å². The van der Waals surface area contributed by atoms with Crippen molar-refractivity contribution in [1.82, 2.24) is 14.5 Å². The van der Waals surface area contributed by atoms with Gasteiger partial charge in [0, 0.05) is 18.7 Å². The number of carbonyl (C=O) groups excluding carboxylic acids is 1. The average Bonchev–Trinajstić information content (AvgIpc) is 3.37. The van der Waals surface area contributed by atoms with Crippen LogP contribution in [0, 0.1) is 5.92 Å². The number of hydrogen-bond acceptors (Lipinski definition) is 7. The van der Waals surface area contributed by atoms with E-state index < -0.39 is 15.9 Å². The molecule has 1 saturated heterocycles. The Morgan fingerprint density at radius 3 is 2.60 bits per heavy atom. The molecule has 30 heavy (non-hydrogen) atoms. The monoisotopic (exact) mass is 494 g/mol. The molecule has 1 aliphatic rings.